The van der Waals surface area contributed by atoms with Gasteiger partial charge in [0.2, 0.25) is 0 Å². The van der Waals surface area contributed by atoms with Crippen LogP contribution in [-0.2, 0) is 18.9 Å². The van der Waals surface area contributed by atoms with Gasteiger partial charge in [-0.3, -0.25) is 0 Å². The Morgan fingerprint density at radius 1 is 0.594 bits per heavy atom. The van der Waals surface area contributed by atoms with E-state index in [4.69, 9.17) is 18.9 Å². The third kappa shape index (κ3) is 2.88. The van der Waals surface area contributed by atoms with Gasteiger partial charge in [-0.1, -0.05) is 0 Å². The van der Waals surface area contributed by atoms with E-state index in [9.17, 15) is 19.2 Å². The van der Waals surface area contributed by atoms with Crippen LogP contribution in [-0.4, -0.2) is 61.5 Å². The van der Waals surface area contributed by atoms with E-state index in [2.05, 4.69) is 9.47 Å². The molecule has 6 rings (SSSR count). The zero-order chi connectivity index (χ0) is 22.0. The molecule has 2 aromatic carbocycles. The zero-order valence-electron chi connectivity index (χ0n) is 16.3. The molecule has 162 valence electrons. The van der Waals surface area contributed by atoms with Gasteiger partial charge in [0.1, 0.15) is 23.7 Å². The summed E-state index contributed by atoms with van der Waals surface area (Å²) in [5.41, 5.74) is 0.720. The molecule has 4 heterocycles. The molecule has 0 aromatic heterocycles. The predicted molar refractivity (Wildman–Crippen MR) is 101 cm³/mol. The highest BCUT2D eigenvalue weighted by molar-refractivity contribution is 6.15. The third-order valence-corrected chi connectivity index (χ3v) is 5.77. The van der Waals surface area contributed by atoms with Gasteiger partial charge in [-0.2, -0.15) is 0 Å². The van der Waals surface area contributed by atoms with Crippen LogP contribution in [0.3, 0.4) is 0 Å². The van der Waals surface area contributed by atoms with Gasteiger partial charge in [0, 0.05) is 0 Å². The van der Waals surface area contributed by atoms with Crippen molar-refractivity contribution in [3.8, 4) is 11.5 Å². The minimum Gasteiger partial charge on any atom is -0.485 e. The van der Waals surface area contributed by atoms with E-state index in [1.165, 1.54) is 24.3 Å². The normalized spacial score (nSPS) is 27.6. The average molecular weight is 438 g/mol. The van der Waals surface area contributed by atoms with E-state index in [0.717, 1.165) is 0 Å². The van der Waals surface area contributed by atoms with Crippen LogP contribution in [0.15, 0.2) is 36.4 Å². The van der Waals surface area contributed by atoms with Crippen LogP contribution in [0.2, 0.25) is 0 Å². The van der Waals surface area contributed by atoms with Crippen molar-refractivity contribution < 1.29 is 47.6 Å². The minimum absolute atomic E-state index is 0.158. The first-order chi connectivity index (χ1) is 15.5. The number of esters is 4. The van der Waals surface area contributed by atoms with Gasteiger partial charge in [-0.05, 0) is 36.4 Å². The van der Waals surface area contributed by atoms with E-state index in [-0.39, 0.29) is 35.5 Å². The summed E-state index contributed by atoms with van der Waals surface area (Å²) in [5.74, 6) is -1.99. The molecule has 2 fully saturated rings. The Hall–Kier alpha value is -3.76. The Bertz CT molecular complexity index is 1110. The molecule has 4 aliphatic rings. The summed E-state index contributed by atoms with van der Waals surface area (Å²) in [6.07, 6.45) is -1.73. The number of rotatable bonds is 4. The van der Waals surface area contributed by atoms with E-state index in [1.54, 1.807) is 12.1 Å². The van der Waals surface area contributed by atoms with Crippen LogP contribution in [0.25, 0.3) is 0 Å². The number of cyclic esters (lactones) is 4. The van der Waals surface area contributed by atoms with Crippen LogP contribution in [0.5, 0.6) is 11.5 Å². The highest BCUT2D eigenvalue weighted by atomic mass is 16.6. The van der Waals surface area contributed by atoms with Gasteiger partial charge >= 0.3 is 23.9 Å². The largest absolute Gasteiger partial charge is 0.485 e. The SMILES string of the molecule is O=C1OC(=O)c2cc(O[C@H]3CO[C@H]4[C@@H]3OC[C@H]4Oc3ccc4c(c3)C(=O)OC4=O)ccc21. The van der Waals surface area contributed by atoms with E-state index in [1.807, 2.05) is 0 Å². The second-order valence-electron chi connectivity index (χ2n) is 7.68. The van der Waals surface area contributed by atoms with E-state index < -0.39 is 48.3 Å². The van der Waals surface area contributed by atoms with Gasteiger partial charge in [0.05, 0.1) is 35.5 Å². The maximum Gasteiger partial charge on any atom is 0.347 e. The van der Waals surface area contributed by atoms with Crippen molar-refractivity contribution in [1.82, 2.24) is 0 Å². The van der Waals surface area contributed by atoms with Crippen LogP contribution >= 0.6 is 0 Å². The number of fused-ring (bicyclic) bond motifs is 3. The van der Waals surface area contributed by atoms with Gasteiger partial charge in [-0.15, -0.1) is 0 Å². The van der Waals surface area contributed by atoms with Crippen LogP contribution in [0.4, 0.5) is 0 Å². The molecule has 4 atom stereocenters. The fourth-order valence-electron chi connectivity index (χ4n) is 4.26. The lowest BCUT2D eigenvalue weighted by molar-refractivity contribution is 0.0180. The number of ether oxygens (including phenoxy) is 6. The summed E-state index contributed by atoms with van der Waals surface area (Å²) in [7, 11) is 0. The molecule has 4 aliphatic heterocycles. The van der Waals surface area contributed by atoms with Crippen molar-refractivity contribution in [2.24, 2.45) is 0 Å². The Labute approximate surface area is 179 Å². The van der Waals surface area contributed by atoms with Crippen LogP contribution in [0.1, 0.15) is 41.4 Å². The lowest BCUT2D eigenvalue weighted by Gasteiger charge is -2.19. The molecule has 10 heteroatoms. The maximum atomic E-state index is 11.8. The average Bonchev–Trinajstić information content (AvgIpc) is 3.49. The molecule has 0 amide bonds. The molecular weight excluding hydrogens is 424 g/mol. The quantitative estimate of drug-likeness (QED) is 0.510. The second kappa shape index (κ2) is 6.87. The first-order valence-corrected chi connectivity index (χ1v) is 9.85. The van der Waals surface area contributed by atoms with Gasteiger partial charge in [0.15, 0.2) is 12.2 Å². The highest BCUT2D eigenvalue weighted by Gasteiger charge is 2.50. The number of benzene rings is 2. The molecular formula is C22H14O10. The molecule has 2 aromatic rings. The van der Waals surface area contributed by atoms with Crippen molar-refractivity contribution in [2.75, 3.05) is 13.2 Å². The Morgan fingerprint density at radius 2 is 1.00 bits per heavy atom. The molecule has 32 heavy (non-hydrogen) atoms. The lowest BCUT2D eigenvalue weighted by Crippen LogP contribution is -2.36. The molecule has 0 bridgehead atoms. The topological polar surface area (TPSA) is 124 Å². The zero-order valence-corrected chi connectivity index (χ0v) is 16.3. The fraction of sp³-hybridized carbons (Fsp3) is 0.273. The molecule has 0 unspecified atom stereocenters. The predicted octanol–water partition coefficient (Wildman–Crippen LogP) is 1.30. The van der Waals surface area contributed by atoms with Crippen LogP contribution < -0.4 is 9.47 Å². The number of hydrogen-bond donors (Lipinski definition) is 0. The van der Waals surface area contributed by atoms with E-state index >= 15 is 0 Å². The van der Waals surface area contributed by atoms with Crippen molar-refractivity contribution in [3.63, 3.8) is 0 Å². The van der Waals surface area contributed by atoms with Gasteiger partial charge in [0.25, 0.3) is 0 Å². The first kappa shape index (κ1) is 19.0. The minimum atomic E-state index is -0.707. The number of carbonyl (C=O) groups excluding carboxylic acids is 4. The van der Waals surface area contributed by atoms with Crippen molar-refractivity contribution in [3.05, 3.63) is 58.7 Å². The Morgan fingerprint density at radius 3 is 1.44 bits per heavy atom. The van der Waals surface area contributed by atoms with Crippen molar-refractivity contribution in [2.45, 2.75) is 24.4 Å². The molecule has 2 saturated heterocycles. The molecule has 0 radical (unpaired) electrons. The molecule has 0 aliphatic carbocycles. The summed E-state index contributed by atoms with van der Waals surface area (Å²) in [6.45, 7) is 0.474. The highest BCUT2D eigenvalue weighted by Crippen LogP contribution is 2.34. The monoisotopic (exact) mass is 438 g/mol. The first-order valence-electron chi connectivity index (χ1n) is 9.85. The Kier molecular flexibility index (Phi) is 4.07. The van der Waals surface area contributed by atoms with Crippen molar-refractivity contribution >= 4 is 23.9 Å². The summed E-state index contributed by atoms with van der Waals surface area (Å²) in [6, 6.07) is 9.06. The summed E-state index contributed by atoms with van der Waals surface area (Å²) < 4.78 is 32.8. The molecule has 0 N–H and O–H groups in total. The maximum absolute atomic E-state index is 11.8. The number of hydrogen-bond acceptors (Lipinski definition) is 10. The lowest BCUT2D eigenvalue weighted by atomic mass is 10.1. The third-order valence-electron chi connectivity index (χ3n) is 5.77. The summed E-state index contributed by atoms with van der Waals surface area (Å²) >= 11 is 0. The molecule has 0 saturated carbocycles. The van der Waals surface area contributed by atoms with E-state index in [0.29, 0.717) is 11.5 Å². The summed E-state index contributed by atoms with van der Waals surface area (Å²) in [5, 5.41) is 0. The standard InChI is InChI=1S/C22H14O10/c23-19-11-3-1-9(5-13(11)21(25)31-19)29-15-7-27-18-16(8-28-17(15)18)30-10-2-4-12-14(6-10)22(26)32-20(12)24/h1-6,15-18H,7-8H2/t15-,16+,17-,18-/m1/s1. The van der Waals surface area contributed by atoms with Crippen LogP contribution in [0, 0.1) is 0 Å². The number of carbonyl (C=O) groups is 4. The smallest absolute Gasteiger partial charge is 0.347 e. The summed E-state index contributed by atoms with van der Waals surface area (Å²) in [4.78, 5) is 46.7. The second-order valence-corrected chi connectivity index (χ2v) is 7.68. The Balaban J connectivity index is 1.15. The van der Waals surface area contributed by atoms with Crippen molar-refractivity contribution in [1.29, 1.82) is 0 Å². The fourth-order valence-corrected chi connectivity index (χ4v) is 4.26. The molecule has 10 nitrogen and oxygen atoms in total. The van der Waals surface area contributed by atoms with Gasteiger partial charge < -0.3 is 28.4 Å². The molecule has 0 spiro atoms. The van der Waals surface area contributed by atoms with Gasteiger partial charge in [-0.25, -0.2) is 19.2 Å².